The van der Waals surface area contributed by atoms with Crippen LogP contribution in [0.1, 0.15) is 23.0 Å². The van der Waals surface area contributed by atoms with Gasteiger partial charge >= 0.3 is 0 Å². The van der Waals surface area contributed by atoms with E-state index in [4.69, 9.17) is 4.42 Å². The summed E-state index contributed by atoms with van der Waals surface area (Å²) in [7, 11) is 0. The van der Waals surface area contributed by atoms with Crippen molar-refractivity contribution in [1.82, 2.24) is 4.90 Å². The van der Waals surface area contributed by atoms with Crippen molar-refractivity contribution >= 4 is 22.4 Å². The summed E-state index contributed by atoms with van der Waals surface area (Å²) in [6.07, 6.45) is 0. The quantitative estimate of drug-likeness (QED) is 0.663. The van der Waals surface area contributed by atoms with Crippen molar-refractivity contribution in [2.45, 2.75) is 13.5 Å². The van der Waals surface area contributed by atoms with Crippen molar-refractivity contribution in [3.63, 3.8) is 0 Å². The van der Waals surface area contributed by atoms with E-state index in [1.165, 1.54) is 24.6 Å². The van der Waals surface area contributed by atoms with E-state index < -0.39 is 0 Å². The Balaban J connectivity index is 1.53. The van der Waals surface area contributed by atoms with Crippen molar-refractivity contribution in [3.05, 3.63) is 65.7 Å². The summed E-state index contributed by atoms with van der Waals surface area (Å²) < 4.78 is 19.8. The summed E-state index contributed by atoms with van der Waals surface area (Å²) in [5.74, 6) is -0.190. The number of carbonyl (C=O) groups is 1. The topological polar surface area (TPSA) is 36.7 Å². The monoisotopic (exact) mass is 352 g/mol. The molecule has 0 bridgehead atoms. The van der Waals surface area contributed by atoms with E-state index in [0.29, 0.717) is 11.0 Å². The van der Waals surface area contributed by atoms with E-state index in [2.05, 4.69) is 34.1 Å². The number of fused-ring (bicyclic) bond motifs is 1. The van der Waals surface area contributed by atoms with Gasteiger partial charge in [-0.3, -0.25) is 9.69 Å². The van der Waals surface area contributed by atoms with Crippen LogP contribution in [0.3, 0.4) is 0 Å². The lowest BCUT2D eigenvalue weighted by atomic mass is 10.1. The summed E-state index contributed by atoms with van der Waals surface area (Å²) in [5.41, 5.74) is 2.62. The van der Waals surface area contributed by atoms with Gasteiger partial charge in [-0.2, -0.15) is 0 Å². The van der Waals surface area contributed by atoms with Gasteiger partial charge in [-0.25, -0.2) is 4.39 Å². The molecule has 1 saturated heterocycles. The highest BCUT2D eigenvalue weighted by atomic mass is 19.1. The minimum Gasteiger partial charge on any atom is -0.451 e. The first-order chi connectivity index (χ1) is 12.6. The number of rotatable bonds is 4. The highest BCUT2D eigenvalue weighted by molar-refractivity contribution is 5.99. The molecule has 0 saturated carbocycles. The largest absolute Gasteiger partial charge is 0.451 e. The molecule has 4 rings (SSSR count). The zero-order chi connectivity index (χ0) is 18.1. The van der Waals surface area contributed by atoms with Gasteiger partial charge in [0, 0.05) is 51.1 Å². The van der Waals surface area contributed by atoms with Gasteiger partial charge in [0.2, 0.25) is 0 Å². The first-order valence-electron chi connectivity index (χ1n) is 8.85. The van der Waals surface area contributed by atoms with Crippen LogP contribution in [0.15, 0.2) is 52.9 Å². The van der Waals surface area contributed by atoms with E-state index in [-0.39, 0.29) is 17.4 Å². The third kappa shape index (κ3) is 3.35. The first kappa shape index (κ1) is 16.8. The number of nitrogens with zero attached hydrogens (tertiary/aromatic N) is 2. The van der Waals surface area contributed by atoms with Crippen LogP contribution in [-0.2, 0) is 6.54 Å². The maximum Gasteiger partial charge on any atom is 0.194 e. The lowest BCUT2D eigenvalue weighted by Crippen LogP contribution is -2.46. The standard InChI is InChI=1S/C21H21FN2O2/c1-15(25)20-12-17-11-18(22)13-19(21(17)26-20)24-9-7-23(8-10-24)14-16-5-3-2-4-6-16/h2-6,11-13H,7-10,14H2,1H3. The van der Waals surface area contributed by atoms with Gasteiger partial charge in [0.1, 0.15) is 5.82 Å². The third-order valence-corrected chi connectivity index (χ3v) is 4.87. The number of ketones is 1. The number of hydrogen-bond donors (Lipinski definition) is 0. The van der Waals surface area contributed by atoms with E-state index in [9.17, 15) is 9.18 Å². The lowest BCUT2D eigenvalue weighted by molar-refractivity contribution is 0.0989. The number of halogens is 1. The minimum absolute atomic E-state index is 0.153. The molecule has 0 spiro atoms. The first-order valence-corrected chi connectivity index (χ1v) is 8.85. The van der Waals surface area contributed by atoms with Crippen LogP contribution in [0.5, 0.6) is 0 Å². The van der Waals surface area contributed by atoms with Crippen molar-refractivity contribution in [2.24, 2.45) is 0 Å². The number of anilines is 1. The number of hydrogen-bond acceptors (Lipinski definition) is 4. The van der Waals surface area contributed by atoms with Crippen LogP contribution in [0, 0.1) is 5.82 Å². The van der Waals surface area contributed by atoms with E-state index in [0.717, 1.165) is 38.4 Å². The number of furan rings is 1. The van der Waals surface area contributed by atoms with Crippen molar-refractivity contribution in [2.75, 3.05) is 31.1 Å². The number of Topliss-reactive ketones (excluding diaryl/α,β-unsaturated/α-hetero) is 1. The summed E-state index contributed by atoms with van der Waals surface area (Å²) in [6, 6.07) is 14.9. The molecule has 1 aromatic heterocycles. The Morgan fingerprint density at radius 1 is 1.08 bits per heavy atom. The van der Waals surface area contributed by atoms with Crippen LogP contribution in [0.25, 0.3) is 11.0 Å². The zero-order valence-corrected chi connectivity index (χ0v) is 14.7. The van der Waals surface area contributed by atoms with Gasteiger partial charge in [0.15, 0.2) is 17.1 Å². The van der Waals surface area contributed by atoms with Gasteiger partial charge in [-0.1, -0.05) is 30.3 Å². The molecule has 0 N–H and O–H groups in total. The number of piperazine rings is 1. The second-order valence-corrected chi connectivity index (χ2v) is 6.76. The highest BCUT2D eigenvalue weighted by Crippen LogP contribution is 2.32. The van der Waals surface area contributed by atoms with Gasteiger partial charge < -0.3 is 9.32 Å². The molecular formula is C21H21FN2O2. The molecule has 0 aliphatic carbocycles. The molecule has 134 valence electrons. The summed E-state index contributed by atoms with van der Waals surface area (Å²) in [4.78, 5) is 16.1. The van der Waals surface area contributed by atoms with Crippen LogP contribution in [-0.4, -0.2) is 36.9 Å². The smallest absolute Gasteiger partial charge is 0.194 e. The van der Waals surface area contributed by atoms with Gasteiger partial charge in [-0.05, 0) is 17.7 Å². The molecular weight excluding hydrogens is 331 g/mol. The normalized spacial score (nSPS) is 15.5. The molecule has 4 nitrogen and oxygen atoms in total. The average Bonchev–Trinajstić information content (AvgIpc) is 3.07. The molecule has 2 aromatic carbocycles. The van der Waals surface area contributed by atoms with E-state index in [1.54, 1.807) is 6.07 Å². The summed E-state index contributed by atoms with van der Waals surface area (Å²) >= 11 is 0. The Hall–Kier alpha value is -2.66. The molecule has 0 unspecified atom stereocenters. The average molecular weight is 352 g/mol. The molecule has 3 aromatic rings. The molecule has 1 aliphatic rings. The van der Waals surface area contributed by atoms with Crippen LogP contribution in [0.4, 0.5) is 10.1 Å². The number of benzene rings is 2. The van der Waals surface area contributed by atoms with Crippen molar-refractivity contribution in [3.8, 4) is 0 Å². The lowest BCUT2D eigenvalue weighted by Gasteiger charge is -2.36. The Bertz CT molecular complexity index is 928. The van der Waals surface area contributed by atoms with Gasteiger partial charge in [-0.15, -0.1) is 0 Å². The van der Waals surface area contributed by atoms with Crippen LogP contribution < -0.4 is 4.90 Å². The molecule has 0 amide bonds. The summed E-state index contributed by atoms with van der Waals surface area (Å²) in [5, 5.41) is 0.636. The third-order valence-electron chi connectivity index (χ3n) is 4.87. The fraction of sp³-hybridized carbons (Fsp3) is 0.286. The Morgan fingerprint density at radius 2 is 1.81 bits per heavy atom. The van der Waals surface area contributed by atoms with E-state index >= 15 is 0 Å². The molecule has 0 radical (unpaired) electrons. The van der Waals surface area contributed by atoms with E-state index in [1.807, 2.05) is 6.07 Å². The Morgan fingerprint density at radius 3 is 2.50 bits per heavy atom. The molecule has 0 atom stereocenters. The van der Waals surface area contributed by atoms with Gasteiger partial charge in [0.25, 0.3) is 0 Å². The molecule has 1 fully saturated rings. The molecule has 26 heavy (non-hydrogen) atoms. The summed E-state index contributed by atoms with van der Waals surface area (Å²) in [6.45, 7) is 5.75. The Labute approximate surface area is 151 Å². The highest BCUT2D eigenvalue weighted by Gasteiger charge is 2.22. The zero-order valence-electron chi connectivity index (χ0n) is 14.7. The maximum absolute atomic E-state index is 14.1. The second kappa shape index (κ2) is 6.92. The second-order valence-electron chi connectivity index (χ2n) is 6.76. The molecule has 2 heterocycles. The predicted octanol–water partition coefficient (Wildman–Crippen LogP) is 4.10. The number of carbonyl (C=O) groups excluding carboxylic acids is 1. The van der Waals surface area contributed by atoms with Crippen LogP contribution in [0.2, 0.25) is 0 Å². The maximum atomic E-state index is 14.1. The van der Waals surface area contributed by atoms with Crippen LogP contribution >= 0.6 is 0 Å². The fourth-order valence-corrected chi connectivity index (χ4v) is 3.50. The van der Waals surface area contributed by atoms with Crippen molar-refractivity contribution < 1.29 is 13.6 Å². The minimum atomic E-state index is -0.310. The molecule has 1 aliphatic heterocycles. The SMILES string of the molecule is CC(=O)c1cc2cc(F)cc(N3CCN(Cc4ccccc4)CC3)c2o1. The fourth-order valence-electron chi connectivity index (χ4n) is 3.50. The Kier molecular flexibility index (Phi) is 4.47. The van der Waals surface area contributed by atoms with Crippen molar-refractivity contribution in [1.29, 1.82) is 0 Å². The molecule has 5 heteroatoms. The van der Waals surface area contributed by atoms with Gasteiger partial charge in [0.05, 0.1) is 5.69 Å². The predicted molar refractivity (Wildman–Crippen MR) is 100 cm³/mol.